The van der Waals surface area contributed by atoms with Crippen molar-refractivity contribution in [2.24, 2.45) is 0 Å². The first-order valence-electron chi connectivity index (χ1n) is 11.3. The van der Waals surface area contributed by atoms with Crippen LogP contribution in [-0.2, 0) is 11.3 Å². The number of anilines is 3. The Morgan fingerprint density at radius 1 is 1.19 bits per heavy atom. The first-order chi connectivity index (χ1) is 17.5. The molecule has 0 bridgehead atoms. The van der Waals surface area contributed by atoms with E-state index in [-0.39, 0.29) is 11.5 Å². The van der Waals surface area contributed by atoms with Gasteiger partial charge in [-0.05, 0) is 29.8 Å². The number of ether oxygens (including phenoxy) is 2. The van der Waals surface area contributed by atoms with Crippen molar-refractivity contribution in [2.45, 2.75) is 6.54 Å². The Bertz CT molecular complexity index is 1400. The van der Waals surface area contributed by atoms with Crippen LogP contribution in [0.4, 0.5) is 26.5 Å². The van der Waals surface area contributed by atoms with Crippen LogP contribution in [0, 0.1) is 5.82 Å². The van der Waals surface area contributed by atoms with E-state index in [9.17, 15) is 4.79 Å². The van der Waals surface area contributed by atoms with Crippen molar-refractivity contribution >= 4 is 28.9 Å². The van der Waals surface area contributed by atoms with Gasteiger partial charge in [-0.25, -0.2) is 18.7 Å². The smallest absolute Gasteiger partial charge is 0.324 e. The summed E-state index contributed by atoms with van der Waals surface area (Å²) in [4.78, 5) is 22.9. The fraction of sp³-hybridized carbons (Fsp3) is 0.250. The number of fused-ring (bicyclic) bond motifs is 1. The monoisotopic (exact) mass is 492 g/mol. The molecule has 5 rings (SSSR count). The number of nitrogens with zero attached hydrogens (tertiary/aromatic N) is 5. The molecule has 4 heterocycles. The van der Waals surface area contributed by atoms with Gasteiger partial charge in [0, 0.05) is 31.3 Å². The third-order valence-electron chi connectivity index (χ3n) is 5.85. The number of amides is 2. The Morgan fingerprint density at radius 2 is 2.03 bits per heavy atom. The number of rotatable bonds is 6. The van der Waals surface area contributed by atoms with E-state index in [0.717, 1.165) is 18.8 Å². The van der Waals surface area contributed by atoms with Crippen molar-refractivity contribution in [3.8, 4) is 17.0 Å². The van der Waals surface area contributed by atoms with Crippen molar-refractivity contribution < 1.29 is 18.7 Å². The molecule has 1 saturated heterocycles. The van der Waals surface area contributed by atoms with Crippen LogP contribution in [0.5, 0.6) is 5.88 Å². The van der Waals surface area contributed by atoms with Gasteiger partial charge in [-0.3, -0.25) is 10.2 Å². The van der Waals surface area contributed by atoms with E-state index in [1.165, 1.54) is 25.6 Å². The highest BCUT2D eigenvalue weighted by Crippen LogP contribution is 2.32. The molecular weight excluding hydrogens is 467 g/mol. The van der Waals surface area contributed by atoms with Crippen LogP contribution in [0.25, 0.3) is 16.6 Å². The van der Waals surface area contributed by atoms with E-state index in [1.54, 1.807) is 28.8 Å². The number of benzene rings is 1. The molecule has 0 spiro atoms. The topological polar surface area (TPSA) is 132 Å². The van der Waals surface area contributed by atoms with Crippen LogP contribution < -0.4 is 21.1 Å². The largest absolute Gasteiger partial charge is 0.481 e. The van der Waals surface area contributed by atoms with Crippen LogP contribution in [0.3, 0.4) is 0 Å². The van der Waals surface area contributed by atoms with Crippen molar-refractivity contribution in [1.82, 2.24) is 24.5 Å². The third kappa shape index (κ3) is 4.90. The number of hydrogen-bond acceptors (Lipinski definition) is 8. The number of hydrogen-bond donors (Lipinski definition) is 3. The Balaban J connectivity index is 1.39. The molecule has 4 N–H and O–H groups in total. The molecule has 12 heteroatoms. The molecule has 0 atom stereocenters. The highest BCUT2D eigenvalue weighted by atomic mass is 19.1. The van der Waals surface area contributed by atoms with Gasteiger partial charge >= 0.3 is 6.03 Å². The number of aromatic nitrogens is 4. The summed E-state index contributed by atoms with van der Waals surface area (Å²) >= 11 is 0. The second kappa shape index (κ2) is 10.1. The van der Waals surface area contributed by atoms with Gasteiger partial charge in [-0.1, -0.05) is 12.1 Å². The Morgan fingerprint density at radius 3 is 2.81 bits per heavy atom. The molecule has 1 fully saturated rings. The van der Waals surface area contributed by atoms with E-state index in [4.69, 9.17) is 15.2 Å². The Labute approximate surface area is 206 Å². The van der Waals surface area contributed by atoms with Gasteiger partial charge in [-0.15, -0.1) is 0 Å². The van der Waals surface area contributed by atoms with Crippen LogP contribution in [-0.4, -0.2) is 63.9 Å². The first-order valence-corrected chi connectivity index (χ1v) is 11.3. The Kier molecular flexibility index (Phi) is 6.60. The van der Waals surface area contributed by atoms with Crippen LogP contribution >= 0.6 is 0 Å². The zero-order valence-corrected chi connectivity index (χ0v) is 19.6. The van der Waals surface area contributed by atoms with E-state index >= 15 is 4.39 Å². The maximum Gasteiger partial charge on any atom is 0.324 e. The molecule has 1 aliphatic heterocycles. The molecule has 0 saturated carbocycles. The summed E-state index contributed by atoms with van der Waals surface area (Å²) in [7, 11) is 1.48. The molecule has 0 radical (unpaired) electrons. The number of nitrogens with two attached hydrogens (primary N) is 1. The number of pyridine rings is 1. The number of urea groups is 1. The fourth-order valence-electron chi connectivity index (χ4n) is 4.11. The predicted octanol–water partition coefficient (Wildman–Crippen LogP) is 3.00. The molecule has 3 aromatic heterocycles. The molecular formula is C24H25FN8O3. The van der Waals surface area contributed by atoms with Gasteiger partial charge in [0.05, 0.1) is 31.7 Å². The molecule has 2 amide bonds. The summed E-state index contributed by atoms with van der Waals surface area (Å²) < 4.78 is 27.3. The number of halogens is 1. The molecule has 36 heavy (non-hydrogen) atoms. The van der Waals surface area contributed by atoms with Gasteiger partial charge in [0.1, 0.15) is 23.5 Å². The summed E-state index contributed by atoms with van der Waals surface area (Å²) in [5.41, 5.74) is 8.99. The quantitative estimate of drug-likeness (QED) is 0.374. The summed E-state index contributed by atoms with van der Waals surface area (Å²) in [5, 5.41) is 9.44. The van der Waals surface area contributed by atoms with Crippen molar-refractivity contribution in [2.75, 3.05) is 49.8 Å². The second-order valence-corrected chi connectivity index (χ2v) is 8.18. The SMILES string of the molecule is COc1cccc(NC(=O)Nc2ccc(-c3cc(CN4CCOCC4)n4ncnc(N)c34)cc2F)n1. The van der Waals surface area contributed by atoms with Crippen molar-refractivity contribution in [3.05, 3.63) is 60.3 Å². The molecule has 1 aromatic carbocycles. The van der Waals surface area contributed by atoms with Gasteiger partial charge in [0.25, 0.3) is 0 Å². The number of carbonyl (C=O) groups excluding carboxylic acids is 1. The minimum atomic E-state index is -0.637. The average Bonchev–Trinajstić information content (AvgIpc) is 3.25. The van der Waals surface area contributed by atoms with Crippen LogP contribution in [0.15, 0.2) is 48.8 Å². The maximum atomic E-state index is 15.1. The molecule has 11 nitrogen and oxygen atoms in total. The van der Waals surface area contributed by atoms with Crippen LogP contribution in [0.2, 0.25) is 0 Å². The highest BCUT2D eigenvalue weighted by Gasteiger charge is 2.20. The average molecular weight is 493 g/mol. The van der Waals surface area contributed by atoms with Crippen molar-refractivity contribution in [1.29, 1.82) is 0 Å². The van der Waals surface area contributed by atoms with E-state index in [0.29, 0.717) is 48.1 Å². The highest BCUT2D eigenvalue weighted by molar-refractivity contribution is 5.99. The zero-order valence-electron chi connectivity index (χ0n) is 19.6. The minimum absolute atomic E-state index is 0.0143. The lowest BCUT2D eigenvalue weighted by atomic mass is 10.1. The second-order valence-electron chi connectivity index (χ2n) is 8.18. The normalized spacial score (nSPS) is 14.1. The van der Waals surface area contributed by atoms with Gasteiger partial charge in [0.15, 0.2) is 5.82 Å². The van der Waals surface area contributed by atoms with Crippen LogP contribution in [0.1, 0.15) is 5.69 Å². The summed E-state index contributed by atoms with van der Waals surface area (Å²) in [6.07, 6.45) is 1.40. The molecule has 4 aromatic rings. The zero-order chi connectivity index (χ0) is 25.1. The lowest BCUT2D eigenvalue weighted by Crippen LogP contribution is -2.36. The van der Waals surface area contributed by atoms with Gasteiger partial charge in [-0.2, -0.15) is 10.1 Å². The summed E-state index contributed by atoms with van der Waals surface area (Å²) in [6, 6.07) is 10.8. The lowest BCUT2D eigenvalue weighted by Gasteiger charge is -2.26. The number of carbonyl (C=O) groups is 1. The maximum absolute atomic E-state index is 15.1. The number of nitrogens with one attached hydrogen (secondary N) is 2. The van der Waals surface area contributed by atoms with Gasteiger partial charge in [0.2, 0.25) is 5.88 Å². The Hall–Kier alpha value is -4.29. The van der Waals surface area contributed by atoms with Gasteiger partial charge < -0.3 is 20.5 Å². The molecule has 1 aliphatic rings. The van der Waals surface area contributed by atoms with E-state index < -0.39 is 11.8 Å². The molecule has 0 aliphatic carbocycles. The fourth-order valence-corrected chi connectivity index (χ4v) is 4.11. The third-order valence-corrected chi connectivity index (χ3v) is 5.85. The predicted molar refractivity (Wildman–Crippen MR) is 132 cm³/mol. The number of methoxy groups -OCH3 is 1. The minimum Gasteiger partial charge on any atom is -0.481 e. The molecule has 0 unspecified atom stereocenters. The summed E-state index contributed by atoms with van der Waals surface area (Å²) in [5.74, 6) is 0.304. The standard InChI is InChI=1S/C24H25FN8O3/c1-35-21-4-2-3-20(30-21)31-24(34)29-19-6-5-15(11-18(19)25)17-12-16(13-32-7-9-36-10-8-32)33-22(17)23(26)27-14-28-33/h2-6,11-12,14H,7-10,13H2,1H3,(H2,26,27,28)(H2,29,30,31,34). The first kappa shape index (κ1) is 23.5. The number of morpholine rings is 1. The van der Waals surface area contributed by atoms with E-state index in [1.807, 2.05) is 6.07 Å². The molecule has 186 valence electrons. The number of nitrogen functional groups attached to an aromatic ring is 1. The van der Waals surface area contributed by atoms with E-state index in [2.05, 4.69) is 30.6 Å². The van der Waals surface area contributed by atoms with Crippen molar-refractivity contribution in [3.63, 3.8) is 0 Å². The lowest BCUT2D eigenvalue weighted by molar-refractivity contribution is 0.0334. The summed E-state index contributed by atoms with van der Waals surface area (Å²) in [6.45, 7) is 3.61.